The van der Waals surface area contributed by atoms with Gasteiger partial charge in [-0.1, -0.05) is 25.5 Å². The molecule has 0 unspecified atom stereocenters. The van der Waals surface area contributed by atoms with Crippen molar-refractivity contribution < 1.29 is 23.7 Å². The van der Waals surface area contributed by atoms with E-state index in [-0.39, 0.29) is 12.5 Å². The molecule has 29 heavy (non-hydrogen) atoms. The van der Waals surface area contributed by atoms with Crippen LogP contribution in [-0.4, -0.2) is 38.0 Å². The number of ether oxygens (including phenoxy) is 4. The highest BCUT2D eigenvalue weighted by Gasteiger charge is 2.26. The van der Waals surface area contributed by atoms with Crippen molar-refractivity contribution in [2.45, 2.75) is 32.8 Å². The third-order valence-corrected chi connectivity index (χ3v) is 4.21. The van der Waals surface area contributed by atoms with E-state index in [0.717, 1.165) is 18.4 Å². The molecule has 0 saturated heterocycles. The van der Waals surface area contributed by atoms with Gasteiger partial charge in [0, 0.05) is 0 Å². The SMILES string of the molecule is CCCCOc1ccc(/C=N\NC(=O)[C@H]2COc3ccccc3O2)cc1OCC. The standard InChI is InChI=1S/C22H26N2O5/c1-3-5-12-27-18-11-10-16(13-20(18)26-4-2)14-23-24-22(25)21-15-28-17-8-6-7-9-19(17)29-21/h6-11,13-14,21H,3-5,12,15H2,1-2H3,(H,24,25)/b23-14-/t21-/m1/s1. The number of carbonyl (C=O) groups excluding carboxylic acids is 1. The van der Waals surface area contributed by atoms with Gasteiger partial charge < -0.3 is 18.9 Å². The quantitative estimate of drug-likeness (QED) is 0.397. The van der Waals surface area contributed by atoms with Crippen molar-refractivity contribution in [3.05, 3.63) is 48.0 Å². The Labute approximate surface area is 170 Å². The lowest BCUT2D eigenvalue weighted by atomic mass is 10.2. The summed E-state index contributed by atoms with van der Waals surface area (Å²) in [5.41, 5.74) is 3.27. The predicted molar refractivity (Wildman–Crippen MR) is 110 cm³/mol. The monoisotopic (exact) mass is 398 g/mol. The van der Waals surface area contributed by atoms with E-state index >= 15 is 0 Å². The molecule has 1 atom stereocenters. The van der Waals surface area contributed by atoms with E-state index in [1.54, 1.807) is 18.3 Å². The minimum absolute atomic E-state index is 0.136. The molecule has 2 aromatic rings. The van der Waals surface area contributed by atoms with Crippen molar-refractivity contribution in [3.8, 4) is 23.0 Å². The number of hydrazone groups is 1. The summed E-state index contributed by atoms with van der Waals surface area (Å²) in [6.45, 7) is 5.34. The Balaban J connectivity index is 1.58. The molecule has 1 heterocycles. The van der Waals surface area contributed by atoms with Gasteiger partial charge in [0.2, 0.25) is 6.10 Å². The molecule has 2 aromatic carbocycles. The fourth-order valence-corrected chi connectivity index (χ4v) is 2.71. The Morgan fingerprint density at radius 3 is 2.79 bits per heavy atom. The van der Waals surface area contributed by atoms with Gasteiger partial charge in [-0.15, -0.1) is 0 Å². The highest BCUT2D eigenvalue weighted by Crippen LogP contribution is 2.31. The van der Waals surface area contributed by atoms with Gasteiger partial charge in [0.15, 0.2) is 23.0 Å². The molecule has 0 bridgehead atoms. The maximum atomic E-state index is 12.3. The maximum Gasteiger partial charge on any atom is 0.284 e. The molecule has 1 N–H and O–H groups in total. The van der Waals surface area contributed by atoms with Crippen LogP contribution in [-0.2, 0) is 4.79 Å². The molecule has 1 amide bonds. The smallest absolute Gasteiger partial charge is 0.284 e. The van der Waals surface area contributed by atoms with E-state index in [1.807, 2.05) is 37.3 Å². The number of benzene rings is 2. The van der Waals surface area contributed by atoms with Crippen LogP contribution < -0.4 is 24.4 Å². The summed E-state index contributed by atoms with van der Waals surface area (Å²) in [5, 5.41) is 4.02. The Morgan fingerprint density at radius 2 is 2.00 bits per heavy atom. The van der Waals surface area contributed by atoms with E-state index in [4.69, 9.17) is 18.9 Å². The number of para-hydroxylation sites is 2. The van der Waals surface area contributed by atoms with Crippen LogP contribution in [0.4, 0.5) is 0 Å². The number of unbranched alkanes of at least 4 members (excludes halogenated alkanes) is 1. The van der Waals surface area contributed by atoms with Crippen molar-refractivity contribution in [3.63, 3.8) is 0 Å². The molecule has 0 aromatic heterocycles. The van der Waals surface area contributed by atoms with Gasteiger partial charge in [-0.3, -0.25) is 4.79 Å². The van der Waals surface area contributed by atoms with Crippen LogP contribution in [0.1, 0.15) is 32.3 Å². The minimum Gasteiger partial charge on any atom is -0.490 e. The largest absolute Gasteiger partial charge is 0.490 e. The second-order valence-electron chi connectivity index (χ2n) is 6.44. The third-order valence-electron chi connectivity index (χ3n) is 4.21. The maximum absolute atomic E-state index is 12.3. The zero-order chi connectivity index (χ0) is 20.5. The normalized spacial score (nSPS) is 15.2. The topological polar surface area (TPSA) is 78.4 Å². The lowest BCUT2D eigenvalue weighted by Gasteiger charge is -2.24. The summed E-state index contributed by atoms with van der Waals surface area (Å²) >= 11 is 0. The van der Waals surface area contributed by atoms with Crippen LogP contribution in [0.2, 0.25) is 0 Å². The first-order valence-electron chi connectivity index (χ1n) is 9.82. The van der Waals surface area contributed by atoms with Gasteiger partial charge in [-0.2, -0.15) is 5.10 Å². The number of nitrogens with zero attached hydrogens (tertiary/aromatic N) is 1. The average molecular weight is 398 g/mol. The van der Waals surface area contributed by atoms with Crippen molar-refractivity contribution in [1.29, 1.82) is 0 Å². The fourth-order valence-electron chi connectivity index (χ4n) is 2.71. The second kappa shape index (κ2) is 10.4. The molecule has 0 spiro atoms. The lowest BCUT2D eigenvalue weighted by molar-refractivity contribution is -0.130. The molecule has 1 aliphatic heterocycles. The van der Waals surface area contributed by atoms with E-state index in [2.05, 4.69) is 17.5 Å². The van der Waals surface area contributed by atoms with Crippen molar-refractivity contribution >= 4 is 12.1 Å². The van der Waals surface area contributed by atoms with Crippen molar-refractivity contribution in [1.82, 2.24) is 5.43 Å². The first-order valence-corrected chi connectivity index (χ1v) is 9.82. The van der Waals surface area contributed by atoms with E-state index in [1.165, 1.54) is 0 Å². The highest BCUT2D eigenvalue weighted by molar-refractivity contribution is 5.85. The van der Waals surface area contributed by atoms with Crippen LogP contribution in [0, 0.1) is 0 Å². The Morgan fingerprint density at radius 1 is 1.17 bits per heavy atom. The molecule has 154 valence electrons. The lowest BCUT2D eigenvalue weighted by Crippen LogP contribution is -2.42. The van der Waals surface area contributed by atoms with Gasteiger partial charge in [0.1, 0.15) is 6.61 Å². The van der Waals surface area contributed by atoms with Gasteiger partial charge >= 0.3 is 0 Å². The van der Waals surface area contributed by atoms with Crippen molar-refractivity contribution in [2.75, 3.05) is 19.8 Å². The highest BCUT2D eigenvalue weighted by atomic mass is 16.6. The first-order chi connectivity index (χ1) is 14.2. The molecule has 0 fully saturated rings. The third kappa shape index (κ3) is 5.63. The van der Waals surface area contributed by atoms with Crippen molar-refractivity contribution in [2.24, 2.45) is 5.10 Å². The molecule has 0 saturated carbocycles. The molecule has 0 radical (unpaired) electrons. The van der Waals surface area contributed by atoms with Crippen LogP contribution in [0.25, 0.3) is 0 Å². The van der Waals surface area contributed by atoms with Crippen LogP contribution in [0.3, 0.4) is 0 Å². The minimum atomic E-state index is -0.754. The number of amides is 1. The molecule has 3 rings (SSSR count). The number of nitrogens with one attached hydrogen (secondary N) is 1. The second-order valence-corrected chi connectivity index (χ2v) is 6.44. The average Bonchev–Trinajstić information content (AvgIpc) is 2.75. The van der Waals surface area contributed by atoms with Gasteiger partial charge in [0.25, 0.3) is 5.91 Å². The Hall–Kier alpha value is -3.22. The molecular weight excluding hydrogens is 372 g/mol. The number of hydrogen-bond acceptors (Lipinski definition) is 6. The molecule has 7 nitrogen and oxygen atoms in total. The van der Waals surface area contributed by atoms with E-state index in [0.29, 0.717) is 36.2 Å². The zero-order valence-electron chi connectivity index (χ0n) is 16.7. The van der Waals surface area contributed by atoms with Crippen LogP contribution in [0.15, 0.2) is 47.6 Å². The van der Waals surface area contributed by atoms with E-state index < -0.39 is 6.10 Å². The Kier molecular flexibility index (Phi) is 7.33. The molecular formula is C22H26N2O5. The molecule has 7 heteroatoms. The summed E-state index contributed by atoms with van der Waals surface area (Å²) < 4.78 is 22.6. The summed E-state index contributed by atoms with van der Waals surface area (Å²) in [7, 11) is 0. The first kappa shape index (κ1) is 20.5. The number of rotatable bonds is 9. The Bertz CT molecular complexity index is 853. The number of fused-ring (bicyclic) bond motifs is 1. The van der Waals surface area contributed by atoms with Crippen LogP contribution in [0.5, 0.6) is 23.0 Å². The van der Waals surface area contributed by atoms with E-state index in [9.17, 15) is 4.79 Å². The van der Waals surface area contributed by atoms with Gasteiger partial charge in [-0.05, 0) is 49.2 Å². The zero-order valence-corrected chi connectivity index (χ0v) is 16.7. The fraction of sp³-hybridized carbons (Fsp3) is 0.364. The van der Waals surface area contributed by atoms with Crippen LogP contribution >= 0.6 is 0 Å². The number of carbonyl (C=O) groups is 1. The van der Waals surface area contributed by atoms with Gasteiger partial charge in [-0.25, -0.2) is 5.43 Å². The predicted octanol–water partition coefficient (Wildman–Crippen LogP) is 3.55. The summed E-state index contributed by atoms with van der Waals surface area (Å²) in [6.07, 6.45) is 2.84. The summed E-state index contributed by atoms with van der Waals surface area (Å²) in [6, 6.07) is 12.8. The summed E-state index contributed by atoms with van der Waals surface area (Å²) in [4.78, 5) is 12.3. The van der Waals surface area contributed by atoms with Gasteiger partial charge in [0.05, 0.1) is 19.4 Å². The molecule has 0 aliphatic carbocycles. The number of hydrogen-bond donors (Lipinski definition) is 1. The molecule has 1 aliphatic rings. The summed E-state index contributed by atoms with van der Waals surface area (Å²) in [5.74, 6) is 2.15.